The molecule has 1 heterocycles. The molecule has 4 heteroatoms. The maximum Gasteiger partial charge on any atom is 0.157 e. The normalized spacial score (nSPS) is 10.7. The van der Waals surface area contributed by atoms with Crippen LogP contribution in [0.25, 0.3) is 0 Å². The van der Waals surface area contributed by atoms with E-state index in [1.165, 1.54) is 5.56 Å². The van der Waals surface area contributed by atoms with Gasteiger partial charge in [0.05, 0.1) is 12.4 Å². The van der Waals surface area contributed by atoms with Crippen LogP contribution in [0.2, 0.25) is 0 Å². The number of rotatable bonds is 6. The maximum atomic E-state index is 5.64. The van der Waals surface area contributed by atoms with Crippen LogP contribution < -0.4 is 10.1 Å². The van der Waals surface area contributed by atoms with Gasteiger partial charge in [-0.15, -0.1) is 0 Å². The van der Waals surface area contributed by atoms with Gasteiger partial charge in [-0.1, -0.05) is 17.7 Å². The second-order valence-corrected chi connectivity index (χ2v) is 4.89. The van der Waals surface area contributed by atoms with Gasteiger partial charge < -0.3 is 10.1 Å². The number of ether oxygens (including phenoxy) is 1. The lowest BCUT2D eigenvalue weighted by molar-refractivity contribution is 0.332. The third kappa shape index (κ3) is 4.02. The molecule has 1 aromatic heterocycles. The van der Waals surface area contributed by atoms with Crippen LogP contribution in [-0.4, -0.2) is 22.9 Å². The summed E-state index contributed by atoms with van der Waals surface area (Å²) in [4.78, 5) is 0. The third-order valence-corrected chi connectivity index (χ3v) is 2.86. The van der Waals surface area contributed by atoms with Gasteiger partial charge in [-0.25, -0.2) is 0 Å². The summed E-state index contributed by atoms with van der Waals surface area (Å²) < 4.78 is 7.53. The molecule has 0 aliphatic carbocycles. The SMILES string of the molecule is Cc1ccc(NCCOc2cnn(C(C)C)c2)cc1. The Bertz CT molecular complexity index is 502. The largest absolute Gasteiger partial charge is 0.488 e. The van der Waals surface area contributed by atoms with E-state index in [2.05, 4.69) is 55.5 Å². The van der Waals surface area contributed by atoms with E-state index in [1.54, 1.807) is 6.20 Å². The van der Waals surface area contributed by atoms with Crippen LogP contribution in [0, 0.1) is 6.92 Å². The molecule has 0 saturated heterocycles. The molecular formula is C15H21N3O. The average molecular weight is 259 g/mol. The molecule has 0 fully saturated rings. The quantitative estimate of drug-likeness (QED) is 0.809. The van der Waals surface area contributed by atoms with Crippen molar-refractivity contribution in [1.82, 2.24) is 9.78 Å². The zero-order chi connectivity index (χ0) is 13.7. The van der Waals surface area contributed by atoms with Gasteiger partial charge in [0, 0.05) is 18.3 Å². The minimum atomic E-state index is 0.364. The minimum absolute atomic E-state index is 0.364. The Morgan fingerprint density at radius 1 is 1.26 bits per heavy atom. The summed E-state index contributed by atoms with van der Waals surface area (Å²) in [5.41, 5.74) is 2.38. The highest BCUT2D eigenvalue weighted by atomic mass is 16.5. The summed E-state index contributed by atoms with van der Waals surface area (Å²) in [5.74, 6) is 0.819. The number of hydrogen-bond donors (Lipinski definition) is 1. The number of nitrogens with zero attached hydrogens (tertiary/aromatic N) is 2. The van der Waals surface area contributed by atoms with E-state index in [0.717, 1.165) is 18.0 Å². The molecule has 0 bridgehead atoms. The number of hydrogen-bond acceptors (Lipinski definition) is 3. The predicted octanol–water partition coefficient (Wildman–Crippen LogP) is 3.26. The van der Waals surface area contributed by atoms with Crippen molar-refractivity contribution in [3.05, 3.63) is 42.2 Å². The van der Waals surface area contributed by atoms with Gasteiger partial charge in [-0.05, 0) is 32.9 Å². The molecule has 2 aromatic rings. The van der Waals surface area contributed by atoms with Crippen molar-refractivity contribution in [1.29, 1.82) is 0 Å². The lowest BCUT2D eigenvalue weighted by Gasteiger charge is -2.07. The Morgan fingerprint density at radius 3 is 2.63 bits per heavy atom. The number of nitrogens with one attached hydrogen (secondary N) is 1. The van der Waals surface area contributed by atoms with Gasteiger partial charge in [0.1, 0.15) is 6.61 Å². The summed E-state index contributed by atoms with van der Waals surface area (Å²) in [7, 11) is 0. The standard InChI is InChI=1S/C15H21N3O/c1-12(2)18-11-15(10-17-18)19-9-8-16-14-6-4-13(3)5-7-14/h4-7,10-12,16H,8-9H2,1-3H3. The van der Waals surface area contributed by atoms with Gasteiger partial charge in [0.2, 0.25) is 0 Å². The van der Waals surface area contributed by atoms with E-state index < -0.39 is 0 Å². The number of aromatic nitrogens is 2. The average Bonchev–Trinajstić information content (AvgIpc) is 2.86. The van der Waals surface area contributed by atoms with Crippen LogP contribution in [-0.2, 0) is 0 Å². The third-order valence-electron chi connectivity index (χ3n) is 2.86. The van der Waals surface area contributed by atoms with Crippen LogP contribution in [0.1, 0.15) is 25.5 Å². The van der Waals surface area contributed by atoms with Crippen molar-refractivity contribution in [2.45, 2.75) is 26.8 Å². The Labute approximate surface area is 114 Å². The van der Waals surface area contributed by atoms with Crippen molar-refractivity contribution >= 4 is 5.69 Å². The number of benzene rings is 1. The van der Waals surface area contributed by atoms with Crippen LogP contribution >= 0.6 is 0 Å². The van der Waals surface area contributed by atoms with Gasteiger partial charge in [-0.3, -0.25) is 4.68 Å². The van der Waals surface area contributed by atoms with Crippen molar-refractivity contribution in [3.8, 4) is 5.75 Å². The van der Waals surface area contributed by atoms with Gasteiger partial charge in [0.15, 0.2) is 5.75 Å². The van der Waals surface area contributed by atoms with Crippen LogP contribution in [0.3, 0.4) is 0 Å². The fourth-order valence-corrected chi connectivity index (χ4v) is 1.71. The first kappa shape index (κ1) is 13.5. The highest BCUT2D eigenvalue weighted by molar-refractivity contribution is 5.44. The fraction of sp³-hybridized carbons (Fsp3) is 0.400. The smallest absolute Gasteiger partial charge is 0.157 e. The number of anilines is 1. The molecule has 0 radical (unpaired) electrons. The minimum Gasteiger partial charge on any atom is -0.488 e. The highest BCUT2D eigenvalue weighted by Crippen LogP contribution is 2.12. The Morgan fingerprint density at radius 2 is 2.00 bits per heavy atom. The first-order valence-electron chi connectivity index (χ1n) is 6.62. The Kier molecular flexibility index (Phi) is 4.44. The van der Waals surface area contributed by atoms with E-state index in [-0.39, 0.29) is 0 Å². The fourth-order valence-electron chi connectivity index (χ4n) is 1.71. The molecule has 0 aliphatic rings. The highest BCUT2D eigenvalue weighted by Gasteiger charge is 2.01. The molecule has 0 aliphatic heterocycles. The zero-order valence-corrected chi connectivity index (χ0v) is 11.8. The molecule has 4 nitrogen and oxygen atoms in total. The molecule has 1 N–H and O–H groups in total. The summed E-state index contributed by atoms with van der Waals surface area (Å²) in [6, 6.07) is 8.70. The zero-order valence-electron chi connectivity index (χ0n) is 11.8. The van der Waals surface area contributed by atoms with Crippen molar-refractivity contribution in [2.24, 2.45) is 0 Å². The van der Waals surface area contributed by atoms with E-state index in [1.807, 2.05) is 10.9 Å². The molecular weight excluding hydrogens is 238 g/mol. The van der Waals surface area contributed by atoms with Crippen LogP contribution in [0.4, 0.5) is 5.69 Å². The van der Waals surface area contributed by atoms with Crippen LogP contribution in [0.5, 0.6) is 5.75 Å². The molecule has 2 rings (SSSR count). The van der Waals surface area contributed by atoms with Crippen molar-refractivity contribution < 1.29 is 4.74 Å². The molecule has 0 amide bonds. The molecule has 0 spiro atoms. The van der Waals surface area contributed by atoms with Crippen molar-refractivity contribution in [2.75, 3.05) is 18.5 Å². The van der Waals surface area contributed by atoms with Gasteiger partial charge in [-0.2, -0.15) is 5.10 Å². The monoisotopic (exact) mass is 259 g/mol. The second kappa shape index (κ2) is 6.27. The second-order valence-electron chi connectivity index (χ2n) is 4.89. The number of aryl methyl sites for hydroxylation is 1. The van der Waals surface area contributed by atoms with E-state index >= 15 is 0 Å². The predicted molar refractivity (Wildman–Crippen MR) is 77.8 cm³/mol. The first-order chi connectivity index (χ1) is 9.15. The summed E-state index contributed by atoms with van der Waals surface area (Å²) >= 11 is 0. The lowest BCUT2D eigenvalue weighted by Crippen LogP contribution is -2.11. The molecule has 19 heavy (non-hydrogen) atoms. The molecule has 0 unspecified atom stereocenters. The molecule has 1 aromatic carbocycles. The summed E-state index contributed by atoms with van der Waals surface area (Å²) in [6.07, 6.45) is 3.68. The molecule has 0 atom stereocenters. The van der Waals surface area contributed by atoms with Crippen LogP contribution in [0.15, 0.2) is 36.7 Å². The van der Waals surface area contributed by atoms with E-state index in [0.29, 0.717) is 12.6 Å². The molecule has 0 saturated carbocycles. The summed E-state index contributed by atoms with van der Waals surface area (Å²) in [5, 5.41) is 7.55. The molecule has 102 valence electrons. The van der Waals surface area contributed by atoms with Gasteiger partial charge in [0.25, 0.3) is 0 Å². The van der Waals surface area contributed by atoms with Gasteiger partial charge >= 0.3 is 0 Å². The lowest BCUT2D eigenvalue weighted by atomic mass is 10.2. The topological polar surface area (TPSA) is 39.1 Å². The Balaban J connectivity index is 1.72. The van der Waals surface area contributed by atoms with E-state index in [9.17, 15) is 0 Å². The summed E-state index contributed by atoms with van der Waals surface area (Å²) in [6.45, 7) is 7.66. The first-order valence-corrected chi connectivity index (χ1v) is 6.62. The van der Waals surface area contributed by atoms with Crippen molar-refractivity contribution in [3.63, 3.8) is 0 Å². The Hall–Kier alpha value is -1.97. The van der Waals surface area contributed by atoms with E-state index in [4.69, 9.17) is 4.74 Å². The maximum absolute atomic E-state index is 5.64.